The van der Waals surface area contributed by atoms with Gasteiger partial charge in [-0.15, -0.1) is 0 Å². The molecule has 0 aromatic heterocycles. The van der Waals surface area contributed by atoms with Gasteiger partial charge in [-0.2, -0.15) is 0 Å². The Hall–Kier alpha value is -2.31. The zero-order chi connectivity index (χ0) is 20.0. The van der Waals surface area contributed by atoms with Crippen LogP contribution < -0.4 is 4.90 Å². The molecular weight excluding hydrogens is 370 g/mol. The number of amides is 1. The molecule has 7 nitrogen and oxygen atoms in total. The Balaban J connectivity index is 1.12. The minimum atomic E-state index is -0.387. The number of rotatable bonds is 4. The van der Waals surface area contributed by atoms with Gasteiger partial charge in [-0.1, -0.05) is 0 Å². The average Bonchev–Trinajstić information content (AvgIpc) is 2.71. The molecule has 1 amide bonds. The second-order valence-electron chi connectivity index (χ2n) is 9.72. The smallest absolute Gasteiger partial charge is 0.409 e. The molecule has 0 unspecified atom stereocenters. The van der Waals surface area contributed by atoms with Crippen LogP contribution >= 0.6 is 0 Å². The van der Waals surface area contributed by atoms with Crippen LogP contribution in [0.2, 0.25) is 0 Å². The molecule has 5 aliphatic rings. The fourth-order valence-electron chi connectivity index (χ4n) is 6.71. The molecule has 4 saturated carbocycles. The van der Waals surface area contributed by atoms with E-state index in [-0.39, 0.29) is 22.1 Å². The van der Waals surface area contributed by atoms with E-state index >= 15 is 0 Å². The molecule has 7 heteroatoms. The standard InChI is InChI=1S/C22H29N3O4/c26-21(29-15-22-12-16-9-17(13-22)11-18(10-16)14-22)24-7-5-23(6-8-24)19-1-3-20(4-2-19)25(27)28/h1-4,16-18H,5-15H2. The summed E-state index contributed by atoms with van der Waals surface area (Å²) in [5.74, 6) is 2.60. The van der Waals surface area contributed by atoms with Crippen molar-refractivity contribution in [3.63, 3.8) is 0 Å². The van der Waals surface area contributed by atoms with Crippen molar-refractivity contribution in [2.75, 3.05) is 37.7 Å². The van der Waals surface area contributed by atoms with Crippen molar-refractivity contribution in [1.29, 1.82) is 0 Å². The van der Waals surface area contributed by atoms with E-state index in [1.807, 2.05) is 4.90 Å². The summed E-state index contributed by atoms with van der Waals surface area (Å²) in [4.78, 5) is 27.0. The van der Waals surface area contributed by atoms with E-state index in [1.54, 1.807) is 12.1 Å². The van der Waals surface area contributed by atoms with Crippen LogP contribution in [0.1, 0.15) is 38.5 Å². The lowest BCUT2D eigenvalue weighted by atomic mass is 9.50. The molecule has 5 fully saturated rings. The lowest BCUT2D eigenvalue weighted by Gasteiger charge is -2.56. The van der Waals surface area contributed by atoms with Crippen molar-refractivity contribution in [2.24, 2.45) is 23.2 Å². The van der Waals surface area contributed by atoms with E-state index in [0.717, 1.165) is 23.4 Å². The van der Waals surface area contributed by atoms with Crippen LogP contribution in [0.4, 0.5) is 16.2 Å². The molecule has 1 heterocycles. The lowest BCUT2D eigenvalue weighted by molar-refractivity contribution is -0.384. The van der Waals surface area contributed by atoms with Gasteiger partial charge in [-0.3, -0.25) is 10.1 Å². The zero-order valence-corrected chi connectivity index (χ0v) is 16.8. The van der Waals surface area contributed by atoms with Crippen LogP contribution in [0.3, 0.4) is 0 Å². The van der Waals surface area contributed by atoms with Gasteiger partial charge in [0.1, 0.15) is 0 Å². The predicted octanol–water partition coefficient (Wildman–Crippen LogP) is 4.07. The highest BCUT2D eigenvalue weighted by molar-refractivity contribution is 5.68. The van der Waals surface area contributed by atoms with Crippen molar-refractivity contribution in [3.05, 3.63) is 34.4 Å². The van der Waals surface area contributed by atoms with Gasteiger partial charge in [0.15, 0.2) is 0 Å². The Labute approximate surface area is 171 Å². The normalized spacial score (nSPS) is 33.0. The monoisotopic (exact) mass is 399 g/mol. The second kappa shape index (κ2) is 7.18. The molecule has 29 heavy (non-hydrogen) atoms. The summed E-state index contributed by atoms with van der Waals surface area (Å²) in [7, 11) is 0. The lowest BCUT2D eigenvalue weighted by Crippen LogP contribution is -2.51. The summed E-state index contributed by atoms with van der Waals surface area (Å²) in [5.41, 5.74) is 1.31. The number of benzene rings is 1. The molecule has 6 rings (SSSR count). The predicted molar refractivity (Wildman–Crippen MR) is 109 cm³/mol. The second-order valence-corrected chi connectivity index (χ2v) is 9.72. The number of nitrogens with zero attached hydrogens (tertiary/aromatic N) is 3. The van der Waals surface area contributed by atoms with Crippen LogP contribution in [-0.4, -0.2) is 48.7 Å². The minimum absolute atomic E-state index is 0.0978. The summed E-state index contributed by atoms with van der Waals surface area (Å²) >= 11 is 0. The van der Waals surface area contributed by atoms with Gasteiger partial charge < -0.3 is 14.5 Å². The third kappa shape index (κ3) is 3.67. The number of hydrogen-bond acceptors (Lipinski definition) is 5. The number of carbonyl (C=O) groups is 1. The molecule has 4 bridgehead atoms. The van der Waals surface area contributed by atoms with Crippen LogP contribution in [0.5, 0.6) is 0 Å². The molecular formula is C22H29N3O4. The maximum absolute atomic E-state index is 12.7. The van der Waals surface area contributed by atoms with Gasteiger partial charge in [-0.05, 0) is 68.4 Å². The number of hydrogen-bond donors (Lipinski definition) is 0. The van der Waals surface area contributed by atoms with Crippen molar-refractivity contribution in [1.82, 2.24) is 4.90 Å². The highest BCUT2D eigenvalue weighted by Gasteiger charge is 2.51. The fourth-order valence-corrected chi connectivity index (χ4v) is 6.71. The van der Waals surface area contributed by atoms with E-state index in [4.69, 9.17) is 4.74 Å². The van der Waals surface area contributed by atoms with Crippen LogP contribution in [0, 0.1) is 33.3 Å². The van der Waals surface area contributed by atoms with Crippen molar-refractivity contribution < 1.29 is 14.5 Å². The van der Waals surface area contributed by atoms with Gasteiger partial charge in [0.05, 0.1) is 11.5 Å². The Bertz CT molecular complexity index is 750. The SMILES string of the molecule is O=C(OCC12CC3CC(CC(C3)C1)C2)N1CCN(c2ccc([N+](=O)[O-])cc2)CC1. The first-order valence-electron chi connectivity index (χ1n) is 10.9. The van der Waals surface area contributed by atoms with Crippen LogP contribution in [0.15, 0.2) is 24.3 Å². The summed E-state index contributed by atoms with van der Waals surface area (Å²) in [6.07, 6.45) is 7.78. The summed E-state index contributed by atoms with van der Waals surface area (Å²) in [6, 6.07) is 6.61. The Morgan fingerprint density at radius 3 is 2.07 bits per heavy atom. The van der Waals surface area contributed by atoms with Crippen LogP contribution in [-0.2, 0) is 4.74 Å². The topological polar surface area (TPSA) is 75.9 Å². The molecule has 0 radical (unpaired) electrons. The number of non-ortho nitro benzene ring substituents is 1. The third-order valence-electron chi connectivity index (χ3n) is 7.63. The highest BCUT2D eigenvalue weighted by atomic mass is 16.6. The molecule has 0 atom stereocenters. The molecule has 0 spiro atoms. The molecule has 1 aromatic rings. The summed E-state index contributed by atoms with van der Waals surface area (Å²) < 4.78 is 5.84. The zero-order valence-electron chi connectivity index (χ0n) is 16.8. The van der Waals surface area contributed by atoms with Gasteiger partial charge in [0.25, 0.3) is 5.69 Å². The largest absolute Gasteiger partial charge is 0.449 e. The quantitative estimate of drug-likeness (QED) is 0.563. The highest BCUT2D eigenvalue weighted by Crippen LogP contribution is 2.60. The number of carbonyl (C=O) groups excluding carboxylic acids is 1. The number of nitro benzene ring substituents is 1. The molecule has 1 aromatic carbocycles. The maximum atomic E-state index is 12.7. The fraction of sp³-hybridized carbons (Fsp3) is 0.682. The van der Waals surface area contributed by atoms with Crippen molar-refractivity contribution >= 4 is 17.5 Å². The number of anilines is 1. The third-order valence-corrected chi connectivity index (χ3v) is 7.63. The van der Waals surface area contributed by atoms with E-state index in [2.05, 4.69) is 4.90 Å². The summed E-state index contributed by atoms with van der Waals surface area (Å²) in [6.45, 7) is 3.26. The van der Waals surface area contributed by atoms with Crippen molar-refractivity contribution in [2.45, 2.75) is 38.5 Å². The molecule has 4 aliphatic carbocycles. The first-order chi connectivity index (χ1) is 14.0. The van der Waals surface area contributed by atoms with Crippen LogP contribution in [0.25, 0.3) is 0 Å². The van der Waals surface area contributed by atoms with Gasteiger partial charge >= 0.3 is 6.09 Å². The van der Waals surface area contributed by atoms with E-state index in [0.29, 0.717) is 32.8 Å². The van der Waals surface area contributed by atoms with E-state index < -0.39 is 0 Å². The van der Waals surface area contributed by atoms with E-state index in [1.165, 1.54) is 50.7 Å². The summed E-state index contributed by atoms with van der Waals surface area (Å²) in [5, 5.41) is 10.8. The van der Waals surface area contributed by atoms with Gasteiger partial charge in [0, 0.05) is 49.4 Å². The van der Waals surface area contributed by atoms with Crippen molar-refractivity contribution in [3.8, 4) is 0 Å². The van der Waals surface area contributed by atoms with Gasteiger partial charge in [-0.25, -0.2) is 4.79 Å². The number of nitro groups is 1. The Kier molecular flexibility index (Phi) is 4.63. The van der Waals surface area contributed by atoms with E-state index in [9.17, 15) is 14.9 Å². The van der Waals surface area contributed by atoms with Gasteiger partial charge in [0.2, 0.25) is 0 Å². The maximum Gasteiger partial charge on any atom is 0.409 e. The molecule has 0 N–H and O–H groups in total. The number of piperazine rings is 1. The Morgan fingerprint density at radius 1 is 1.00 bits per heavy atom. The minimum Gasteiger partial charge on any atom is -0.449 e. The molecule has 1 saturated heterocycles. The Morgan fingerprint density at radius 2 is 1.55 bits per heavy atom. The molecule has 156 valence electrons. The average molecular weight is 399 g/mol. The molecule has 1 aliphatic heterocycles. The first-order valence-corrected chi connectivity index (χ1v) is 10.9. The number of ether oxygens (including phenoxy) is 1. The first kappa shape index (κ1) is 18.7.